The lowest BCUT2D eigenvalue weighted by Crippen LogP contribution is -2.16. The van der Waals surface area contributed by atoms with Crippen LogP contribution in [0.25, 0.3) is 0 Å². The quantitative estimate of drug-likeness (QED) is 0.881. The SMILES string of the molecule is CNc1cc(C2CC2)c(C(F)(F)F)c(C(C)C)n1. The van der Waals surface area contributed by atoms with Gasteiger partial charge in [-0.1, -0.05) is 13.8 Å². The van der Waals surface area contributed by atoms with Gasteiger partial charge in [-0.15, -0.1) is 0 Å². The van der Waals surface area contributed by atoms with E-state index in [2.05, 4.69) is 10.3 Å². The van der Waals surface area contributed by atoms with Gasteiger partial charge in [0.1, 0.15) is 5.82 Å². The average molecular weight is 258 g/mol. The van der Waals surface area contributed by atoms with E-state index >= 15 is 0 Å². The highest BCUT2D eigenvalue weighted by molar-refractivity contribution is 5.49. The topological polar surface area (TPSA) is 24.9 Å². The van der Waals surface area contributed by atoms with E-state index in [0.29, 0.717) is 11.4 Å². The van der Waals surface area contributed by atoms with Crippen molar-refractivity contribution in [3.8, 4) is 0 Å². The van der Waals surface area contributed by atoms with E-state index in [1.165, 1.54) is 0 Å². The third-order valence-corrected chi connectivity index (χ3v) is 3.18. The van der Waals surface area contributed by atoms with Crippen molar-refractivity contribution in [2.24, 2.45) is 0 Å². The van der Waals surface area contributed by atoms with Crippen LogP contribution in [0, 0.1) is 0 Å². The number of aromatic nitrogens is 1. The average Bonchev–Trinajstić information content (AvgIpc) is 3.09. The Balaban J connectivity index is 2.65. The molecule has 2 nitrogen and oxygen atoms in total. The number of pyridine rings is 1. The Morgan fingerprint density at radius 3 is 2.33 bits per heavy atom. The molecule has 2 rings (SSSR count). The van der Waals surface area contributed by atoms with Crippen LogP contribution in [0.2, 0.25) is 0 Å². The van der Waals surface area contributed by atoms with Crippen LogP contribution in [-0.2, 0) is 6.18 Å². The maximum absolute atomic E-state index is 13.2. The number of hydrogen-bond donors (Lipinski definition) is 1. The molecule has 0 atom stereocenters. The normalized spacial score (nSPS) is 16.2. The summed E-state index contributed by atoms with van der Waals surface area (Å²) in [4.78, 5) is 4.10. The number of hydrogen-bond acceptors (Lipinski definition) is 2. The van der Waals surface area contributed by atoms with Crippen molar-refractivity contribution < 1.29 is 13.2 Å². The molecule has 5 heteroatoms. The molecule has 1 saturated carbocycles. The van der Waals surface area contributed by atoms with E-state index in [4.69, 9.17) is 0 Å². The highest BCUT2D eigenvalue weighted by Crippen LogP contribution is 2.48. The lowest BCUT2D eigenvalue weighted by Gasteiger charge is -2.20. The summed E-state index contributed by atoms with van der Waals surface area (Å²) < 4.78 is 39.7. The van der Waals surface area contributed by atoms with Crippen LogP contribution in [0.15, 0.2) is 6.07 Å². The first-order valence-corrected chi connectivity index (χ1v) is 6.14. The summed E-state index contributed by atoms with van der Waals surface area (Å²) in [6.45, 7) is 3.49. The minimum atomic E-state index is -4.32. The molecule has 1 aliphatic rings. The first kappa shape index (κ1) is 13.2. The third-order valence-electron chi connectivity index (χ3n) is 3.18. The highest BCUT2D eigenvalue weighted by atomic mass is 19.4. The summed E-state index contributed by atoms with van der Waals surface area (Å²) in [6.07, 6.45) is -2.64. The van der Waals surface area contributed by atoms with E-state index in [-0.39, 0.29) is 17.5 Å². The minimum absolute atomic E-state index is 0.0502. The monoisotopic (exact) mass is 258 g/mol. The smallest absolute Gasteiger partial charge is 0.373 e. The Labute approximate surface area is 105 Å². The van der Waals surface area contributed by atoms with Crippen LogP contribution in [0.4, 0.5) is 19.0 Å². The van der Waals surface area contributed by atoms with Crippen molar-refractivity contribution in [2.75, 3.05) is 12.4 Å². The molecule has 0 radical (unpaired) electrons. The summed E-state index contributed by atoms with van der Waals surface area (Å²) in [6, 6.07) is 1.55. The molecular weight excluding hydrogens is 241 g/mol. The molecule has 1 fully saturated rings. The van der Waals surface area contributed by atoms with Gasteiger partial charge >= 0.3 is 6.18 Å². The zero-order chi connectivity index (χ0) is 13.5. The predicted octanol–water partition coefficient (Wildman–Crippen LogP) is 4.14. The second-order valence-corrected chi connectivity index (χ2v) is 5.03. The Hall–Kier alpha value is -1.26. The van der Waals surface area contributed by atoms with E-state index in [9.17, 15) is 13.2 Å². The second kappa shape index (κ2) is 4.44. The summed E-state index contributed by atoms with van der Waals surface area (Å²) in [7, 11) is 1.68. The van der Waals surface area contributed by atoms with Gasteiger partial charge in [0, 0.05) is 7.05 Å². The van der Waals surface area contributed by atoms with E-state index in [0.717, 1.165) is 12.8 Å². The zero-order valence-corrected chi connectivity index (χ0v) is 10.7. The lowest BCUT2D eigenvalue weighted by atomic mass is 9.96. The van der Waals surface area contributed by atoms with Gasteiger partial charge in [-0.25, -0.2) is 4.98 Å². The number of halogens is 3. The lowest BCUT2D eigenvalue weighted by molar-refractivity contribution is -0.139. The molecule has 0 aliphatic heterocycles. The molecule has 1 aromatic rings. The largest absolute Gasteiger partial charge is 0.418 e. The number of nitrogens with one attached hydrogen (secondary N) is 1. The summed E-state index contributed by atoms with van der Waals surface area (Å²) >= 11 is 0. The van der Waals surface area contributed by atoms with Gasteiger partial charge < -0.3 is 5.32 Å². The van der Waals surface area contributed by atoms with Gasteiger partial charge in [-0.2, -0.15) is 13.2 Å². The van der Waals surface area contributed by atoms with Gasteiger partial charge in [-0.3, -0.25) is 0 Å². The minimum Gasteiger partial charge on any atom is -0.373 e. The van der Waals surface area contributed by atoms with Gasteiger partial charge in [0.05, 0.1) is 11.3 Å². The molecule has 1 aromatic heterocycles. The van der Waals surface area contributed by atoms with E-state index < -0.39 is 11.7 Å². The fraction of sp³-hybridized carbons (Fsp3) is 0.615. The maximum Gasteiger partial charge on any atom is 0.418 e. The van der Waals surface area contributed by atoms with Crippen molar-refractivity contribution in [1.29, 1.82) is 0 Å². The van der Waals surface area contributed by atoms with Gasteiger partial charge in [0.25, 0.3) is 0 Å². The van der Waals surface area contributed by atoms with Crippen LogP contribution in [0.1, 0.15) is 55.3 Å². The molecule has 1 heterocycles. The van der Waals surface area contributed by atoms with Crippen molar-refractivity contribution >= 4 is 5.82 Å². The fourth-order valence-corrected chi connectivity index (χ4v) is 2.16. The molecule has 0 bridgehead atoms. The zero-order valence-electron chi connectivity index (χ0n) is 10.7. The van der Waals surface area contributed by atoms with Crippen molar-refractivity contribution in [1.82, 2.24) is 4.98 Å². The Kier molecular flexibility index (Phi) is 3.25. The molecule has 0 saturated heterocycles. The number of alkyl halides is 3. The van der Waals surface area contributed by atoms with Gasteiger partial charge in [0.2, 0.25) is 0 Å². The van der Waals surface area contributed by atoms with Crippen molar-refractivity contribution in [3.05, 3.63) is 22.9 Å². The summed E-state index contributed by atoms with van der Waals surface area (Å²) in [5, 5.41) is 2.85. The van der Waals surface area contributed by atoms with E-state index in [1.807, 2.05) is 0 Å². The predicted molar refractivity (Wildman–Crippen MR) is 64.8 cm³/mol. The van der Waals surface area contributed by atoms with Crippen molar-refractivity contribution in [3.63, 3.8) is 0 Å². The molecule has 0 unspecified atom stereocenters. The molecule has 100 valence electrons. The van der Waals surface area contributed by atoms with Gasteiger partial charge in [-0.05, 0) is 36.3 Å². The third kappa shape index (κ3) is 2.44. The molecule has 0 spiro atoms. The van der Waals surface area contributed by atoms with Gasteiger partial charge in [0.15, 0.2) is 0 Å². The molecular formula is C13H17F3N2. The van der Waals surface area contributed by atoms with Crippen LogP contribution in [0.5, 0.6) is 0 Å². The summed E-state index contributed by atoms with van der Waals surface area (Å²) in [5.41, 5.74) is 0.0424. The Morgan fingerprint density at radius 1 is 1.33 bits per heavy atom. The first-order valence-electron chi connectivity index (χ1n) is 6.14. The van der Waals surface area contributed by atoms with Crippen LogP contribution >= 0.6 is 0 Å². The van der Waals surface area contributed by atoms with Crippen LogP contribution < -0.4 is 5.32 Å². The Morgan fingerprint density at radius 2 is 1.94 bits per heavy atom. The number of anilines is 1. The van der Waals surface area contributed by atoms with Crippen LogP contribution in [-0.4, -0.2) is 12.0 Å². The Bertz CT molecular complexity index is 425. The van der Waals surface area contributed by atoms with Crippen LogP contribution in [0.3, 0.4) is 0 Å². The highest BCUT2D eigenvalue weighted by Gasteiger charge is 2.41. The standard InChI is InChI=1S/C13H17F3N2/c1-7(2)12-11(13(14,15)16)9(8-4-5-8)6-10(17-3)18-12/h6-8H,4-5H2,1-3H3,(H,17,18). The maximum atomic E-state index is 13.2. The van der Waals surface area contributed by atoms with Crippen molar-refractivity contribution in [2.45, 2.75) is 44.7 Å². The molecule has 1 N–H and O–H groups in total. The number of nitrogens with zero attached hydrogens (tertiary/aromatic N) is 1. The molecule has 0 amide bonds. The summed E-state index contributed by atoms with van der Waals surface area (Å²) in [5.74, 6) is 0.329. The fourth-order valence-electron chi connectivity index (χ4n) is 2.16. The molecule has 18 heavy (non-hydrogen) atoms. The molecule has 0 aromatic carbocycles. The second-order valence-electron chi connectivity index (χ2n) is 5.03. The first-order chi connectivity index (χ1) is 8.34. The van der Waals surface area contributed by atoms with E-state index in [1.54, 1.807) is 27.0 Å². The molecule has 1 aliphatic carbocycles. The number of rotatable bonds is 3.